The quantitative estimate of drug-likeness (QED) is 0.701. The summed E-state index contributed by atoms with van der Waals surface area (Å²) in [7, 11) is -1.88. The second-order valence-electron chi connectivity index (χ2n) is 3.21. The molecule has 1 heterocycles. The van der Waals surface area contributed by atoms with Gasteiger partial charge in [0.2, 0.25) is 10.0 Å². The number of thiazole rings is 1. The average Bonchev–Trinajstić information content (AvgIpc) is 2.78. The zero-order valence-electron chi connectivity index (χ0n) is 10.1. The Kier molecular flexibility index (Phi) is 5.51. The van der Waals surface area contributed by atoms with Crippen LogP contribution >= 0.6 is 11.3 Å². The van der Waals surface area contributed by atoms with Crippen LogP contribution in [-0.2, 0) is 14.8 Å². The number of nitrogens with one attached hydrogen (secondary N) is 2. The second-order valence-corrected chi connectivity index (χ2v) is 6.11. The highest BCUT2D eigenvalue weighted by Gasteiger charge is 2.12. The topological polar surface area (TPSA) is 97.4 Å². The fourth-order valence-corrected chi connectivity index (χ4v) is 2.33. The van der Waals surface area contributed by atoms with Crippen molar-refractivity contribution in [2.24, 2.45) is 0 Å². The number of carbonyl (C=O) groups is 1. The van der Waals surface area contributed by atoms with E-state index in [2.05, 4.69) is 15.0 Å². The molecule has 1 aromatic heterocycles. The summed E-state index contributed by atoms with van der Waals surface area (Å²) < 4.78 is 29.3. The molecule has 1 rings (SSSR count). The number of sulfonamides is 1. The van der Waals surface area contributed by atoms with Crippen molar-refractivity contribution in [2.45, 2.75) is 6.92 Å². The first kappa shape index (κ1) is 14.9. The van der Waals surface area contributed by atoms with Gasteiger partial charge in [0, 0.05) is 11.9 Å². The number of anilines is 1. The van der Waals surface area contributed by atoms with Crippen molar-refractivity contribution in [3.05, 3.63) is 11.1 Å². The number of ether oxygens (including phenoxy) is 1. The Bertz CT molecular complexity index is 498. The van der Waals surface area contributed by atoms with E-state index in [0.29, 0.717) is 11.7 Å². The average molecular weight is 293 g/mol. The first-order valence-electron chi connectivity index (χ1n) is 5.26. The number of hydrogen-bond donors (Lipinski definition) is 2. The summed E-state index contributed by atoms with van der Waals surface area (Å²) >= 11 is 1.22. The molecule has 0 spiro atoms. The van der Waals surface area contributed by atoms with E-state index < -0.39 is 16.0 Å². The minimum atomic E-state index is -3.24. The maximum Gasteiger partial charge on any atom is 0.357 e. The molecule has 0 aliphatic heterocycles. The van der Waals surface area contributed by atoms with Gasteiger partial charge in [-0.05, 0) is 14.0 Å². The van der Waals surface area contributed by atoms with Gasteiger partial charge >= 0.3 is 5.97 Å². The Morgan fingerprint density at radius 3 is 2.89 bits per heavy atom. The van der Waals surface area contributed by atoms with Crippen LogP contribution in [0.15, 0.2) is 5.38 Å². The summed E-state index contributed by atoms with van der Waals surface area (Å²) in [4.78, 5) is 15.3. The third kappa shape index (κ3) is 4.59. The van der Waals surface area contributed by atoms with Gasteiger partial charge < -0.3 is 10.1 Å². The number of carbonyl (C=O) groups excluding carboxylic acids is 1. The van der Waals surface area contributed by atoms with E-state index in [9.17, 15) is 13.2 Å². The molecule has 0 unspecified atom stereocenters. The lowest BCUT2D eigenvalue weighted by Gasteiger charge is -2.03. The summed E-state index contributed by atoms with van der Waals surface area (Å²) in [5, 5.41) is 4.89. The fraction of sp³-hybridized carbons (Fsp3) is 0.556. The van der Waals surface area contributed by atoms with E-state index in [0.717, 1.165) is 0 Å². The number of rotatable bonds is 7. The van der Waals surface area contributed by atoms with E-state index >= 15 is 0 Å². The van der Waals surface area contributed by atoms with Gasteiger partial charge in [0.25, 0.3) is 0 Å². The standard InChI is InChI=1S/C9H15N3O4S2/c1-3-16-8(13)7-6-17-9(12-7)11-4-5-18(14,15)10-2/h6,10H,3-5H2,1-2H3,(H,11,12). The van der Waals surface area contributed by atoms with Crippen molar-refractivity contribution in [2.75, 3.05) is 31.3 Å². The summed E-state index contributed by atoms with van der Waals surface area (Å²) in [6.07, 6.45) is 0. The van der Waals surface area contributed by atoms with Crippen molar-refractivity contribution in [1.29, 1.82) is 0 Å². The summed E-state index contributed by atoms with van der Waals surface area (Å²) in [5.74, 6) is -0.540. The minimum Gasteiger partial charge on any atom is -0.461 e. The molecule has 0 aliphatic carbocycles. The molecule has 0 radical (unpaired) electrons. The maximum absolute atomic E-state index is 11.3. The van der Waals surface area contributed by atoms with Crippen molar-refractivity contribution >= 4 is 32.5 Å². The molecule has 0 atom stereocenters. The number of aromatic nitrogens is 1. The molecule has 1 aromatic rings. The highest BCUT2D eigenvalue weighted by molar-refractivity contribution is 7.89. The first-order chi connectivity index (χ1) is 8.48. The van der Waals surface area contributed by atoms with E-state index in [-0.39, 0.29) is 18.0 Å². The summed E-state index contributed by atoms with van der Waals surface area (Å²) in [5.41, 5.74) is 0.223. The zero-order chi connectivity index (χ0) is 13.6. The molecule has 0 saturated carbocycles. The molecular formula is C9H15N3O4S2. The highest BCUT2D eigenvalue weighted by Crippen LogP contribution is 2.15. The van der Waals surface area contributed by atoms with Crippen LogP contribution in [0.25, 0.3) is 0 Å². The molecule has 0 aliphatic rings. The van der Waals surface area contributed by atoms with Gasteiger partial charge in [0.05, 0.1) is 12.4 Å². The Morgan fingerprint density at radius 2 is 2.28 bits per heavy atom. The summed E-state index contributed by atoms with van der Waals surface area (Å²) in [6, 6.07) is 0. The van der Waals surface area contributed by atoms with Gasteiger partial charge in [-0.25, -0.2) is 22.9 Å². The fourth-order valence-electron chi connectivity index (χ4n) is 1.05. The lowest BCUT2D eigenvalue weighted by atomic mass is 10.5. The number of nitrogens with zero attached hydrogens (tertiary/aromatic N) is 1. The smallest absolute Gasteiger partial charge is 0.357 e. The number of hydrogen-bond acceptors (Lipinski definition) is 7. The van der Waals surface area contributed by atoms with Gasteiger partial charge in [0.15, 0.2) is 10.8 Å². The van der Waals surface area contributed by atoms with E-state index in [1.165, 1.54) is 18.4 Å². The lowest BCUT2D eigenvalue weighted by Crippen LogP contribution is -2.26. The Hall–Kier alpha value is -1.19. The van der Waals surface area contributed by atoms with Crippen LogP contribution in [-0.4, -0.2) is 45.3 Å². The van der Waals surface area contributed by atoms with E-state index in [1.807, 2.05) is 0 Å². The number of esters is 1. The van der Waals surface area contributed by atoms with Crippen LogP contribution in [0.2, 0.25) is 0 Å². The molecule has 102 valence electrons. The van der Waals surface area contributed by atoms with Gasteiger partial charge in [-0.2, -0.15) is 0 Å². The van der Waals surface area contributed by atoms with Gasteiger partial charge in [0.1, 0.15) is 0 Å². The Balaban J connectivity index is 2.47. The monoisotopic (exact) mass is 293 g/mol. The molecule has 9 heteroatoms. The van der Waals surface area contributed by atoms with Gasteiger partial charge in [-0.1, -0.05) is 0 Å². The Morgan fingerprint density at radius 1 is 1.56 bits per heavy atom. The van der Waals surface area contributed by atoms with Gasteiger partial charge in [-0.15, -0.1) is 11.3 Å². The van der Waals surface area contributed by atoms with E-state index in [4.69, 9.17) is 4.74 Å². The molecule has 18 heavy (non-hydrogen) atoms. The molecule has 0 saturated heterocycles. The third-order valence-corrected chi connectivity index (χ3v) is 4.11. The Labute approximate surface area is 110 Å². The molecule has 0 fully saturated rings. The van der Waals surface area contributed by atoms with Gasteiger partial charge in [-0.3, -0.25) is 0 Å². The van der Waals surface area contributed by atoms with Crippen LogP contribution < -0.4 is 10.0 Å². The van der Waals surface area contributed by atoms with Crippen LogP contribution in [0.4, 0.5) is 5.13 Å². The zero-order valence-corrected chi connectivity index (χ0v) is 11.7. The highest BCUT2D eigenvalue weighted by atomic mass is 32.2. The van der Waals surface area contributed by atoms with Crippen LogP contribution in [0, 0.1) is 0 Å². The lowest BCUT2D eigenvalue weighted by molar-refractivity contribution is 0.0520. The van der Waals surface area contributed by atoms with Crippen LogP contribution in [0.3, 0.4) is 0 Å². The van der Waals surface area contributed by atoms with Crippen molar-refractivity contribution in [3.63, 3.8) is 0 Å². The normalized spacial score (nSPS) is 11.2. The molecule has 0 amide bonds. The van der Waals surface area contributed by atoms with Crippen LogP contribution in [0.1, 0.15) is 17.4 Å². The summed E-state index contributed by atoms with van der Waals surface area (Å²) in [6.45, 7) is 2.23. The molecule has 2 N–H and O–H groups in total. The maximum atomic E-state index is 11.3. The molecule has 7 nitrogen and oxygen atoms in total. The van der Waals surface area contributed by atoms with Crippen LogP contribution in [0.5, 0.6) is 0 Å². The predicted molar refractivity (Wildman–Crippen MR) is 69.4 cm³/mol. The van der Waals surface area contributed by atoms with Crippen molar-refractivity contribution in [3.8, 4) is 0 Å². The molecule has 0 aromatic carbocycles. The largest absolute Gasteiger partial charge is 0.461 e. The molecule has 0 bridgehead atoms. The van der Waals surface area contributed by atoms with E-state index in [1.54, 1.807) is 12.3 Å². The van der Waals surface area contributed by atoms with Crippen molar-refractivity contribution < 1.29 is 17.9 Å². The minimum absolute atomic E-state index is 0.0577. The van der Waals surface area contributed by atoms with Crippen molar-refractivity contribution in [1.82, 2.24) is 9.71 Å². The third-order valence-electron chi connectivity index (χ3n) is 1.95. The first-order valence-corrected chi connectivity index (χ1v) is 7.79. The molecular weight excluding hydrogens is 278 g/mol. The predicted octanol–water partition coefficient (Wildman–Crippen LogP) is 0.281. The SMILES string of the molecule is CCOC(=O)c1csc(NCCS(=O)(=O)NC)n1. The second kappa shape index (κ2) is 6.66.